The third kappa shape index (κ3) is 2.85. The molecular formula is C12H20N4O. The van der Waals surface area contributed by atoms with Gasteiger partial charge in [-0.15, -0.1) is 0 Å². The molecule has 0 aliphatic carbocycles. The molecule has 2 rings (SSSR count). The van der Waals surface area contributed by atoms with Crippen LogP contribution in [0.1, 0.15) is 29.8 Å². The minimum Gasteiger partial charge on any atom is -0.340 e. The summed E-state index contributed by atoms with van der Waals surface area (Å²) in [6.45, 7) is 2.42. The zero-order chi connectivity index (χ0) is 12.3. The quantitative estimate of drug-likeness (QED) is 0.836. The summed E-state index contributed by atoms with van der Waals surface area (Å²) in [6, 6.07) is 0. The van der Waals surface area contributed by atoms with Gasteiger partial charge in [-0.05, 0) is 31.7 Å². The van der Waals surface area contributed by atoms with Crippen molar-refractivity contribution in [3.05, 3.63) is 18.2 Å². The van der Waals surface area contributed by atoms with Gasteiger partial charge in [-0.1, -0.05) is 0 Å². The average Bonchev–Trinajstić information content (AvgIpc) is 2.76. The van der Waals surface area contributed by atoms with Crippen LogP contribution in [0.15, 0.2) is 12.5 Å². The molecular weight excluding hydrogens is 216 g/mol. The van der Waals surface area contributed by atoms with Crippen LogP contribution < -0.4 is 5.73 Å². The number of hydrogen-bond donors (Lipinski definition) is 1. The van der Waals surface area contributed by atoms with Crippen LogP contribution in [0.25, 0.3) is 0 Å². The van der Waals surface area contributed by atoms with Crippen molar-refractivity contribution in [2.24, 2.45) is 18.7 Å². The van der Waals surface area contributed by atoms with Crippen molar-refractivity contribution in [3.8, 4) is 0 Å². The maximum absolute atomic E-state index is 12.1. The first-order valence-corrected chi connectivity index (χ1v) is 6.18. The van der Waals surface area contributed by atoms with E-state index in [2.05, 4.69) is 4.98 Å². The first-order chi connectivity index (χ1) is 8.20. The molecule has 2 heterocycles. The first-order valence-electron chi connectivity index (χ1n) is 6.18. The normalized spacial score (nSPS) is 17.4. The number of nitrogens with two attached hydrogens (primary N) is 1. The van der Waals surface area contributed by atoms with Gasteiger partial charge < -0.3 is 15.2 Å². The zero-order valence-electron chi connectivity index (χ0n) is 10.3. The molecule has 0 aromatic carbocycles. The Morgan fingerprint density at radius 1 is 1.53 bits per heavy atom. The molecule has 17 heavy (non-hydrogen) atoms. The maximum Gasteiger partial charge on any atom is 0.274 e. The number of aromatic nitrogens is 2. The van der Waals surface area contributed by atoms with Gasteiger partial charge in [0.2, 0.25) is 0 Å². The smallest absolute Gasteiger partial charge is 0.274 e. The lowest BCUT2D eigenvalue weighted by Crippen LogP contribution is -2.39. The highest BCUT2D eigenvalue weighted by molar-refractivity contribution is 5.92. The molecule has 0 bridgehead atoms. The number of carbonyl (C=O) groups is 1. The van der Waals surface area contributed by atoms with E-state index in [1.54, 1.807) is 17.1 Å². The molecule has 5 nitrogen and oxygen atoms in total. The molecule has 1 fully saturated rings. The summed E-state index contributed by atoms with van der Waals surface area (Å²) in [5.74, 6) is 0.740. The van der Waals surface area contributed by atoms with Crippen molar-refractivity contribution in [2.75, 3.05) is 19.6 Å². The molecule has 2 N–H and O–H groups in total. The summed E-state index contributed by atoms with van der Waals surface area (Å²) in [4.78, 5) is 18.1. The lowest BCUT2D eigenvalue weighted by molar-refractivity contribution is 0.0682. The fraction of sp³-hybridized carbons (Fsp3) is 0.667. The second-order valence-electron chi connectivity index (χ2n) is 4.74. The Hall–Kier alpha value is -1.36. The van der Waals surface area contributed by atoms with Crippen molar-refractivity contribution in [1.82, 2.24) is 14.5 Å². The minimum atomic E-state index is 0.0526. The van der Waals surface area contributed by atoms with Gasteiger partial charge in [-0.3, -0.25) is 4.79 Å². The monoisotopic (exact) mass is 236 g/mol. The highest BCUT2D eigenvalue weighted by Gasteiger charge is 2.24. The maximum atomic E-state index is 12.1. The topological polar surface area (TPSA) is 64.2 Å². The molecule has 1 saturated heterocycles. The Labute approximate surface area is 102 Å². The van der Waals surface area contributed by atoms with Crippen LogP contribution in [0.4, 0.5) is 0 Å². The van der Waals surface area contributed by atoms with Gasteiger partial charge in [0.15, 0.2) is 0 Å². The SMILES string of the molecule is Cn1cnc(C(=O)N2CCC(CCN)CC2)c1. The number of amides is 1. The predicted octanol–water partition coefficient (Wildman–Crippen LogP) is 0.621. The van der Waals surface area contributed by atoms with E-state index >= 15 is 0 Å². The predicted molar refractivity (Wildman–Crippen MR) is 65.5 cm³/mol. The molecule has 0 saturated carbocycles. The van der Waals surface area contributed by atoms with E-state index in [9.17, 15) is 4.79 Å². The molecule has 0 spiro atoms. The van der Waals surface area contributed by atoms with Crippen molar-refractivity contribution >= 4 is 5.91 Å². The Balaban J connectivity index is 1.90. The molecule has 1 aliphatic rings. The first kappa shape index (κ1) is 12.1. The van der Waals surface area contributed by atoms with E-state index in [-0.39, 0.29) is 5.91 Å². The Kier molecular flexibility index (Phi) is 3.78. The molecule has 0 unspecified atom stereocenters. The van der Waals surface area contributed by atoms with Crippen molar-refractivity contribution in [3.63, 3.8) is 0 Å². The van der Waals surface area contributed by atoms with Crippen LogP contribution in [0.3, 0.4) is 0 Å². The van der Waals surface area contributed by atoms with Gasteiger partial charge >= 0.3 is 0 Å². The van der Waals surface area contributed by atoms with Gasteiger partial charge in [0.05, 0.1) is 6.33 Å². The van der Waals surface area contributed by atoms with E-state index in [4.69, 9.17) is 5.73 Å². The summed E-state index contributed by atoms with van der Waals surface area (Å²) < 4.78 is 1.80. The number of nitrogens with zero attached hydrogens (tertiary/aromatic N) is 3. The van der Waals surface area contributed by atoms with E-state index in [1.165, 1.54) is 0 Å². The highest BCUT2D eigenvalue weighted by Crippen LogP contribution is 2.20. The lowest BCUT2D eigenvalue weighted by atomic mass is 9.93. The van der Waals surface area contributed by atoms with E-state index in [1.807, 2.05) is 11.9 Å². The standard InChI is InChI=1S/C12H20N4O/c1-15-8-11(14-9-15)12(17)16-6-3-10(2-5-13)4-7-16/h8-10H,2-7,13H2,1H3. The number of piperidine rings is 1. The molecule has 5 heteroatoms. The summed E-state index contributed by atoms with van der Waals surface area (Å²) in [6.07, 6.45) is 6.64. The summed E-state index contributed by atoms with van der Waals surface area (Å²) in [5, 5.41) is 0. The Morgan fingerprint density at radius 2 is 2.24 bits per heavy atom. The highest BCUT2D eigenvalue weighted by atomic mass is 16.2. The van der Waals surface area contributed by atoms with Crippen LogP contribution in [0.5, 0.6) is 0 Å². The third-order valence-electron chi connectivity index (χ3n) is 3.40. The average molecular weight is 236 g/mol. The second kappa shape index (κ2) is 5.31. The Morgan fingerprint density at radius 3 is 2.76 bits per heavy atom. The van der Waals surface area contributed by atoms with Gasteiger partial charge in [-0.25, -0.2) is 4.98 Å². The molecule has 94 valence electrons. The molecule has 1 amide bonds. The summed E-state index contributed by atoms with van der Waals surface area (Å²) in [7, 11) is 1.87. The zero-order valence-corrected chi connectivity index (χ0v) is 10.3. The fourth-order valence-electron chi connectivity index (χ4n) is 2.35. The molecule has 1 aromatic heterocycles. The van der Waals surface area contributed by atoms with Gasteiger partial charge in [-0.2, -0.15) is 0 Å². The second-order valence-corrected chi connectivity index (χ2v) is 4.74. The number of likely N-dealkylation sites (tertiary alicyclic amines) is 1. The number of hydrogen-bond acceptors (Lipinski definition) is 3. The van der Waals surface area contributed by atoms with E-state index in [0.29, 0.717) is 11.6 Å². The van der Waals surface area contributed by atoms with Gasteiger partial charge in [0.1, 0.15) is 5.69 Å². The van der Waals surface area contributed by atoms with Crippen LogP contribution in [-0.2, 0) is 7.05 Å². The van der Waals surface area contributed by atoms with Gasteiger partial charge in [0.25, 0.3) is 5.91 Å². The largest absolute Gasteiger partial charge is 0.340 e. The van der Waals surface area contributed by atoms with Crippen molar-refractivity contribution in [2.45, 2.75) is 19.3 Å². The molecule has 0 radical (unpaired) electrons. The van der Waals surface area contributed by atoms with Crippen LogP contribution >= 0.6 is 0 Å². The third-order valence-corrected chi connectivity index (χ3v) is 3.40. The fourth-order valence-corrected chi connectivity index (χ4v) is 2.35. The van der Waals surface area contributed by atoms with E-state index in [0.717, 1.165) is 38.9 Å². The van der Waals surface area contributed by atoms with Crippen molar-refractivity contribution < 1.29 is 4.79 Å². The van der Waals surface area contributed by atoms with Crippen LogP contribution in [0, 0.1) is 5.92 Å². The van der Waals surface area contributed by atoms with Crippen LogP contribution in [-0.4, -0.2) is 40.0 Å². The molecule has 0 atom stereocenters. The molecule has 1 aliphatic heterocycles. The Bertz CT molecular complexity index is 380. The number of rotatable bonds is 3. The van der Waals surface area contributed by atoms with Crippen molar-refractivity contribution in [1.29, 1.82) is 0 Å². The minimum absolute atomic E-state index is 0.0526. The summed E-state index contributed by atoms with van der Waals surface area (Å²) >= 11 is 0. The number of carbonyl (C=O) groups excluding carboxylic acids is 1. The molecule has 1 aromatic rings. The summed E-state index contributed by atoms with van der Waals surface area (Å²) in [5.41, 5.74) is 6.10. The van der Waals surface area contributed by atoms with Crippen LogP contribution in [0.2, 0.25) is 0 Å². The van der Waals surface area contributed by atoms with Gasteiger partial charge in [0, 0.05) is 26.3 Å². The number of imidazole rings is 1. The lowest BCUT2D eigenvalue weighted by Gasteiger charge is -2.31. The number of aryl methyl sites for hydroxylation is 1. The van der Waals surface area contributed by atoms with E-state index < -0.39 is 0 Å².